The fraction of sp³-hybridized carbons (Fsp3) is 0.385. The largest absolute Gasteiger partial charge is 0.399 e. The van der Waals surface area contributed by atoms with Gasteiger partial charge in [-0.15, -0.1) is 0 Å². The summed E-state index contributed by atoms with van der Waals surface area (Å²) in [5.41, 5.74) is 8.70. The van der Waals surface area contributed by atoms with Crippen molar-refractivity contribution in [3.05, 3.63) is 42.0 Å². The molecule has 0 heterocycles. The van der Waals surface area contributed by atoms with Crippen LogP contribution in [0.1, 0.15) is 43.7 Å². The van der Waals surface area contributed by atoms with Gasteiger partial charge in [-0.3, -0.25) is 0 Å². The Morgan fingerprint density at radius 2 is 1.71 bits per heavy atom. The van der Waals surface area contributed by atoms with Crippen molar-refractivity contribution in [2.24, 2.45) is 5.73 Å². The highest BCUT2D eigenvalue weighted by Gasteiger charge is 2.22. The third-order valence-corrected chi connectivity index (χ3v) is 2.33. The Balaban J connectivity index is 0.000000461. The van der Waals surface area contributed by atoms with Gasteiger partial charge >= 0.3 is 0 Å². The number of rotatable bonds is 2. The molecule has 0 radical (unpaired) electrons. The van der Waals surface area contributed by atoms with Crippen LogP contribution in [0.25, 0.3) is 5.70 Å². The summed E-state index contributed by atoms with van der Waals surface area (Å²) in [5, 5.41) is 0. The quantitative estimate of drug-likeness (QED) is 0.756. The molecule has 0 amide bonds. The Morgan fingerprint density at radius 1 is 1.21 bits per heavy atom. The summed E-state index contributed by atoms with van der Waals surface area (Å²) in [4.78, 5) is 0. The van der Waals surface area contributed by atoms with Crippen molar-refractivity contribution in [2.75, 3.05) is 0 Å². The molecule has 1 nitrogen and oxygen atoms in total. The van der Waals surface area contributed by atoms with Gasteiger partial charge in [-0.1, -0.05) is 44.7 Å². The third kappa shape index (κ3) is 2.63. The van der Waals surface area contributed by atoms with Crippen molar-refractivity contribution >= 4 is 5.70 Å². The van der Waals surface area contributed by atoms with Gasteiger partial charge in [0.1, 0.15) is 0 Å². The monoisotopic (exact) mass is 189 g/mol. The molecule has 0 aliphatic heterocycles. The first-order chi connectivity index (χ1) is 6.77. The highest BCUT2D eigenvalue weighted by molar-refractivity contribution is 5.60. The van der Waals surface area contributed by atoms with Crippen LogP contribution in [0.5, 0.6) is 0 Å². The van der Waals surface area contributed by atoms with Crippen LogP contribution in [-0.4, -0.2) is 0 Å². The molecule has 1 aromatic rings. The van der Waals surface area contributed by atoms with E-state index in [4.69, 9.17) is 5.73 Å². The first-order valence-corrected chi connectivity index (χ1v) is 5.32. The summed E-state index contributed by atoms with van der Waals surface area (Å²) in [6.45, 7) is 7.69. The fourth-order valence-corrected chi connectivity index (χ4v) is 1.39. The van der Waals surface area contributed by atoms with E-state index in [0.717, 1.165) is 11.5 Å². The van der Waals surface area contributed by atoms with Crippen LogP contribution < -0.4 is 5.73 Å². The molecular weight excluding hydrogens is 170 g/mol. The fourth-order valence-electron chi connectivity index (χ4n) is 1.39. The highest BCUT2D eigenvalue weighted by Crippen LogP contribution is 2.39. The average molecular weight is 189 g/mol. The lowest BCUT2D eigenvalue weighted by atomic mass is 10.1. The molecule has 0 aromatic heterocycles. The molecule has 0 atom stereocenters. The van der Waals surface area contributed by atoms with Crippen molar-refractivity contribution < 1.29 is 0 Å². The molecule has 0 saturated heterocycles. The maximum Gasteiger partial charge on any atom is 0.0314 e. The van der Waals surface area contributed by atoms with Crippen molar-refractivity contribution in [1.82, 2.24) is 0 Å². The summed E-state index contributed by atoms with van der Waals surface area (Å²) < 4.78 is 0. The van der Waals surface area contributed by atoms with Crippen LogP contribution >= 0.6 is 0 Å². The number of nitrogens with two attached hydrogens (primary N) is 1. The second kappa shape index (κ2) is 4.85. The van der Waals surface area contributed by atoms with Crippen molar-refractivity contribution in [3.63, 3.8) is 0 Å². The van der Waals surface area contributed by atoms with E-state index in [9.17, 15) is 0 Å². The predicted octanol–water partition coefficient (Wildman–Crippen LogP) is 3.52. The van der Waals surface area contributed by atoms with Gasteiger partial charge in [0.25, 0.3) is 0 Å². The molecule has 1 aliphatic rings. The predicted molar refractivity (Wildman–Crippen MR) is 63.0 cm³/mol. The zero-order valence-corrected chi connectivity index (χ0v) is 9.09. The molecular formula is C13H19N. The van der Waals surface area contributed by atoms with E-state index in [1.165, 1.54) is 18.4 Å². The highest BCUT2D eigenvalue weighted by atomic mass is 14.6. The van der Waals surface area contributed by atoms with Gasteiger partial charge in [-0.2, -0.15) is 0 Å². The van der Waals surface area contributed by atoms with Crippen LogP contribution in [0.2, 0.25) is 0 Å². The zero-order chi connectivity index (χ0) is 10.6. The Labute approximate surface area is 86.6 Å². The Kier molecular flexibility index (Phi) is 3.75. The molecule has 0 unspecified atom stereocenters. The Hall–Kier alpha value is -1.24. The lowest BCUT2D eigenvalue weighted by Gasteiger charge is -2.01. The molecule has 1 aliphatic carbocycles. The molecule has 1 heteroatoms. The summed E-state index contributed by atoms with van der Waals surface area (Å²) in [6.07, 6.45) is 2.70. The normalized spacial score (nSPS) is 14.1. The first-order valence-electron chi connectivity index (χ1n) is 5.32. The van der Waals surface area contributed by atoms with Gasteiger partial charge < -0.3 is 5.73 Å². The lowest BCUT2D eigenvalue weighted by Crippen LogP contribution is -1.93. The minimum Gasteiger partial charge on any atom is -0.399 e. The standard InChI is InChI=1S/C11H13N.C2H6/c1-8(12)9-2-4-10(5-3-9)11-6-7-11;1-2/h2-5,11H,1,6-7,12H2;1-2H3. The molecule has 0 bridgehead atoms. The SMILES string of the molecule is C=C(N)c1ccc(C2CC2)cc1.CC. The first kappa shape index (κ1) is 10.8. The van der Waals surface area contributed by atoms with E-state index >= 15 is 0 Å². The number of hydrogen-bond donors (Lipinski definition) is 1. The van der Waals surface area contributed by atoms with Gasteiger partial charge in [-0.05, 0) is 29.9 Å². The van der Waals surface area contributed by atoms with Gasteiger partial charge in [0.15, 0.2) is 0 Å². The minimum absolute atomic E-state index is 0.650. The second-order valence-electron chi connectivity index (χ2n) is 3.42. The molecule has 2 rings (SSSR count). The molecule has 1 fully saturated rings. The van der Waals surface area contributed by atoms with Crippen molar-refractivity contribution in [3.8, 4) is 0 Å². The molecule has 0 spiro atoms. The number of benzene rings is 1. The van der Waals surface area contributed by atoms with E-state index < -0.39 is 0 Å². The average Bonchev–Trinajstić information content (AvgIpc) is 3.04. The summed E-state index contributed by atoms with van der Waals surface area (Å²) >= 11 is 0. The topological polar surface area (TPSA) is 26.0 Å². The maximum atomic E-state index is 5.56. The summed E-state index contributed by atoms with van der Waals surface area (Å²) in [7, 11) is 0. The molecule has 76 valence electrons. The molecule has 1 aromatic carbocycles. The van der Waals surface area contributed by atoms with Crippen LogP contribution in [0.4, 0.5) is 0 Å². The van der Waals surface area contributed by atoms with E-state index in [2.05, 4.69) is 30.8 Å². The Morgan fingerprint density at radius 3 is 2.07 bits per heavy atom. The van der Waals surface area contributed by atoms with Crippen LogP contribution in [-0.2, 0) is 0 Å². The van der Waals surface area contributed by atoms with E-state index in [0.29, 0.717) is 5.70 Å². The minimum atomic E-state index is 0.650. The second-order valence-corrected chi connectivity index (χ2v) is 3.42. The van der Waals surface area contributed by atoms with Crippen LogP contribution in [0, 0.1) is 0 Å². The lowest BCUT2D eigenvalue weighted by molar-refractivity contribution is 1.13. The molecule has 14 heavy (non-hydrogen) atoms. The number of hydrogen-bond acceptors (Lipinski definition) is 1. The van der Waals surface area contributed by atoms with Gasteiger partial charge in [0, 0.05) is 5.70 Å². The van der Waals surface area contributed by atoms with E-state index in [1.54, 1.807) is 0 Å². The summed E-state index contributed by atoms with van der Waals surface area (Å²) in [5.74, 6) is 0.824. The zero-order valence-electron chi connectivity index (χ0n) is 9.09. The van der Waals surface area contributed by atoms with Crippen LogP contribution in [0.3, 0.4) is 0 Å². The van der Waals surface area contributed by atoms with Crippen molar-refractivity contribution in [2.45, 2.75) is 32.6 Å². The smallest absolute Gasteiger partial charge is 0.0314 e. The van der Waals surface area contributed by atoms with Gasteiger partial charge in [0.2, 0.25) is 0 Å². The van der Waals surface area contributed by atoms with Gasteiger partial charge in [-0.25, -0.2) is 0 Å². The Bertz CT molecular complexity index is 294. The maximum absolute atomic E-state index is 5.56. The van der Waals surface area contributed by atoms with E-state index in [1.807, 2.05) is 13.8 Å². The third-order valence-electron chi connectivity index (χ3n) is 2.33. The van der Waals surface area contributed by atoms with E-state index in [-0.39, 0.29) is 0 Å². The van der Waals surface area contributed by atoms with Crippen molar-refractivity contribution in [1.29, 1.82) is 0 Å². The van der Waals surface area contributed by atoms with Crippen LogP contribution in [0.15, 0.2) is 30.8 Å². The summed E-state index contributed by atoms with van der Waals surface area (Å²) in [6, 6.07) is 8.42. The molecule has 1 saturated carbocycles. The van der Waals surface area contributed by atoms with Gasteiger partial charge in [0.05, 0.1) is 0 Å². The molecule has 2 N–H and O–H groups in total.